The Labute approximate surface area is 222 Å². The first-order valence-electron chi connectivity index (χ1n) is 11.0. The molecule has 15 nitrogen and oxygen atoms in total. The van der Waals surface area contributed by atoms with Gasteiger partial charge in [0.2, 0.25) is 0 Å². The van der Waals surface area contributed by atoms with Gasteiger partial charge in [-0.1, -0.05) is 30.3 Å². The number of hydrogen-bond acceptors (Lipinski definition) is 11. The van der Waals surface area contributed by atoms with Crippen LogP contribution in [0.1, 0.15) is 26.3 Å². The molecule has 1 saturated heterocycles. The molecule has 2 rings (SSSR count). The number of aliphatic hydroxyl groups excluding tert-OH is 1. The molecule has 1 aromatic carbocycles. The van der Waals surface area contributed by atoms with Gasteiger partial charge in [-0.25, -0.2) is 23.9 Å². The Kier molecular flexibility index (Phi) is 10.3. The molecule has 38 heavy (non-hydrogen) atoms. The van der Waals surface area contributed by atoms with Crippen molar-refractivity contribution in [3.8, 4) is 0 Å². The van der Waals surface area contributed by atoms with Crippen molar-refractivity contribution < 1.29 is 51.7 Å². The smallest absolute Gasteiger partial charge is 0.408 e. The second kappa shape index (κ2) is 12.7. The fraction of sp³-hybridized carbons (Fsp3) is 0.476. The fourth-order valence-corrected chi connectivity index (χ4v) is 3.61. The van der Waals surface area contributed by atoms with Crippen LogP contribution in [0.15, 0.2) is 30.3 Å². The summed E-state index contributed by atoms with van der Waals surface area (Å²) >= 11 is 0. The van der Waals surface area contributed by atoms with Gasteiger partial charge in [0.1, 0.15) is 30.9 Å². The predicted octanol–water partition coefficient (Wildman–Crippen LogP) is 0.114. The first-order valence-corrected chi connectivity index (χ1v) is 13.3. The molecule has 0 spiro atoms. The van der Waals surface area contributed by atoms with Gasteiger partial charge < -0.3 is 30.0 Å². The minimum Gasteiger partial charge on any atom is -0.462 e. The number of likely N-dealkylation sites (tertiary alicyclic amines) is 1. The van der Waals surface area contributed by atoms with Gasteiger partial charge in [0.05, 0.1) is 6.54 Å². The van der Waals surface area contributed by atoms with Crippen LogP contribution in [-0.4, -0.2) is 85.5 Å². The molecule has 0 aliphatic carbocycles. The number of imide groups is 1. The number of halogens is 1. The molecule has 5 amide bonds. The van der Waals surface area contributed by atoms with Crippen molar-refractivity contribution in [2.24, 2.45) is 0 Å². The summed E-state index contributed by atoms with van der Waals surface area (Å²) in [6, 6.07) is 3.46. The van der Waals surface area contributed by atoms with E-state index in [1.807, 2.05) is 0 Å². The van der Waals surface area contributed by atoms with E-state index >= 15 is 0 Å². The van der Waals surface area contributed by atoms with E-state index < -0.39 is 69.7 Å². The van der Waals surface area contributed by atoms with E-state index in [2.05, 4.69) is 10.6 Å². The number of carbonyl (C=O) groups excluding carboxylic acids is 5. The Morgan fingerprint density at radius 2 is 1.74 bits per heavy atom. The summed E-state index contributed by atoms with van der Waals surface area (Å²) in [6.07, 6.45) is -4.14. The maximum Gasteiger partial charge on any atom is 0.408 e. The van der Waals surface area contributed by atoms with Crippen LogP contribution in [0.2, 0.25) is 0 Å². The highest BCUT2D eigenvalue weighted by Gasteiger charge is 2.57. The molecule has 0 radical (unpaired) electrons. The van der Waals surface area contributed by atoms with E-state index in [1.54, 1.807) is 51.1 Å². The number of urea groups is 1. The molecule has 4 N–H and O–H groups in total. The van der Waals surface area contributed by atoms with E-state index in [0.717, 1.165) is 0 Å². The van der Waals surface area contributed by atoms with Gasteiger partial charge in [-0.3, -0.25) is 9.69 Å². The quantitative estimate of drug-likeness (QED) is 0.102. The average Bonchev–Trinajstić information content (AvgIpc) is 2.79. The summed E-state index contributed by atoms with van der Waals surface area (Å²) in [7, 11) is 0.336. The van der Waals surface area contributed by atoms with Gasteiger partial charge in [0, 0.05) is 10.7 Å². The summed E-state index contributed by atoms with van der Waals surface area (Å²) in [6.45, 7) is 4.10. The van der Waals surface area contributed by atoms with Crippen molar-refractivity contribution in [3.63, 3.8) is 0 Å². The molecular formula is C21H27ClN4O11S. The number of hydrogen-bond donors (Lipinski definition) is 4. The number of amides is 5. The molecule has 1 aliphatic rings. The largest absolute Gasteiger partial charge is 0.462 e. The number of rotatable bonds is 9. The third-order valence-corrected chi connectivity index (χ3v) is 5.29. The monoisotopic (exact) mass is 578 g/mol. The molecule has 1 aromatic rings. The van der Waals surface area contributed by atoms with Gasteiger partial charge in [0.15, 0.2) is 6.10 Å². The third kappa shape index (κ3) is 9.35. The van der Waals surface area contributed by atoms with Gasteiger partial charge in [-0.15, -0.1) is 0 Å². The zero-order chi connectivity index (χ0) is 28.7. The summed E-state index contributed by atoms with van der Waals surface area (Å²) in [4.78, 5) is 61.2. The number of aliphatic hydroxyl groups is 1. The van der Waals surface area contributed by atoms with Gasteiger partial charge in [-0.2, -0.15) is 8.42 Å². The fourth-order valence-electron chi connectivity index (χ4n) is 3.10. The van der Waals surface area contributed by atoms with Crippen molar-refractivity contribution in [2.75, 3.05) is 13.2 Å². The van der Waals surface area contributed by atoms with E-state index in [0.29, 0.717) is 5.56 Å². The van der Waals surface area contributed by atoms with Crippen molar-refractivity contribution in [3.05, 3.63) is 35.9 Å². The molecule has 0 aromatic heterocycles. The molecule has 0 saturated carbocycles. The molecule has 0 bridgehead atoms. The Balaban J connectivity index is 2.03. The lowest BCUT2D eigenvalue weighted by Gasteiger charge is -2.46. The summed E-state index contributed by atoms with van der Waals surface area (Å²) < 4.78 is 38.6. The number of β-lactam (4-membered cyclic amide) rings is 1. The predicted molar refractivity (Wildman–Crippen MR) is 129 cm³/mol. The molecule has 1 heterocycles. The third-order valence-electron chi connectivity index (χ3n) is 4.64. The standard InChI is InChI=1S/C21H27ClN4O11S/c1-21(2,3)37-19(31)23-9-10-35-17(29)15(27)14-13(16(28)26(14)18(30)25-38(22,33)34)24-20(32)36-11-12-7-5-4-6-8-12/h4-8,13-15,27H,9-11H2,1-3H3,(H,23,31)(H,24,32)(H,25,30). The van der Waals surface area contributed by atoms with E-state index in [9.17, 15) is 37.5 Å². The topological polar surface area (TPSA) is 207 Å². The normalized spacial score (nSPS) is 17.9. The number of ether oxygens (including phenoxy) is 3. The Bertz CT molecular complexity index is 1160. The highest BCUT2D eigenvalue weighted by atomic mass is 35.7. The number of carbonyl (C=O) groups is 5. The average molecular weight is 579 g/mol. The SMILES string of the molecule is CC(C)(C)OC(=O)NCCOC(=O)C(O)C1C(NC(=O)OCc2ccccc2)C(=O)N1C(=O)NS(=O)(=O)Cl. The van der Waals surface area contributed by atoms with Crippen LogP contribution < -0.4 is 15.4 Å². The van der Waals surface area contributed by atoms with Crippen LogP contribution in [-0.2, 0) is 39.6 Å². The van der Waals surface area contributed by atoms with Crippen LogP contribution in [0.5, 0.6) is 0 Å². The number of benzene rings is 1. The zero-order valence-electron chi connectivity index (χ0n) is 20.5. The maximum absolute atomic E-state index is 12.5. The van der Waals surface area contributed by atoms with Crippen LogP contribution in [0.3, 0.4) is 0 Å². The van der Waals surface area contributed by atoms with Crippen molar-refractivity contribution >= 4 is 50.0 Å². The first-order chi connectivity index (χ1) is 17.6. The Hall–Kier alpha value is -3.63. The zero-order valence-corrected chi connectivity index (χ0v) is 22.1. The molecule has 1 aliphatic heterocycles. The van der Waals surface area contributed by atoms with E-state index in [1.165, 1.54) is 4.72 Å². The van der Waals surface area contributed by atoms with Crippen LogP contribution in [0.25, 0.3) is 0 Å². The van der Waals surface area contributed by atoms with Crippen LogP contribution in [0, 0.1) is 0 Å². The molecule has 210 valence electrons. The van der Waals surface area contributed by atoms with E-state index in [4.69, 9.17) is 24.9 Å². The first kappa shape index (κ1) is 30.6. The maximum atomic E-state index is 12.5. The second-order valence-electron chi connectivity index (χ2n) is 8.77. The van der Waals surface area contributed by atoms with E-state index in [-0.39, 0.29) is 18.1 Å². The summed E-state index contributed by atoms with van der Waals surface area (Å²) in [5.41, 5.74) is -0.144. The number of esters is 1. The molecule has 3 unspecified atom stereocenters. The number of alkyl carbamates (subject to hydrolysis) is 2. The van der Waals surface area contributed by atoms with Crippen LogP contribution in [0.4, 0.5) is 14.4 Å². The lowest BCUT2D eigenvalue weighted by atomic mass is 9.90. The minimum absolute atomic E-state index is 0.178. The van der Waals surface area contributed by atoms with Crippen molar-refractivity contribution in [2.45, 2.75) is 51.2 Å². The minimum atomic E-state index is -4.64. The summed E-state index contributed by atoms with van der Waals surface area (Å²) in [5, 5.41) is 14.9. The highest BCUT2D eigenvalue weighted by molar-refractivity contribution is 8.12. The number of nitrogens with one attached hydrogen (secondary N) is 3. The Morgan fingerprint density at radius 3 is 2.32 bits per heavy atom. The molecule has 1 fully saturated rings. The molecule has 3 atom stereocenters. The second-order valence-corrected chi connectivity index (χ2v) is 11.1. The lowest BCUT2D eigenvalue weighted by Crippen LogP contribution is -2.77. The van der Waals surface area contributed by atoms with Crippen molar-refractivity contribution in [1.29, 1.82) is 0 Å². The highest BCUT2D eigenvalue weighted by Crippen LogP contribution is 2.25. The van der Waals surface area contributed by atoms with Crippen molar-refractivity contribution in [1.82, 2.24) is 20.3 Å². The summed E-state index contributed by atoms with van der Waals surface area (Å²) in [5.74, 6) is -2.51. The number of nitrogens with zero attached hydrogens (tertiary/aromatic N) is 1. The van der Waals surface area contributed by atoms with Gasteiger partial charge >= 0.3 is 33.4 Å². The van der Waals surface area contributed by atoms with Crippen LogP contribution >= 0.6 is 10.7 Å². The van der Waals surface area contributed by atoms with Gasteiger partial charge in [-0.05, 0) is 26.3 Å². The molecular weight excluding hydrogens is 552 g/mol. The lowest BCUT2D eigenvalue weighted by molar-refractivity contribution is -0.167. The Morgan fingerprint density at radius 1 is 1.11 bits per heavy atom. The molecule has 17 heteroatoms. The van der Waals surface area contributed by atoms with Gasteiger partial charge in [0.25, 0.3) is 5.91 Å².